The van der Waals surface area contributed by atoms with Gasteiger partial charge in [-0.1, -0.05) is 6.07 Å². The summed E-state index contributed by atoms with van der Waals surface area (Å²) in [4.78, 5) is 11.5. The van der Waals surface area contributed by atoms with Gasteiger partial charge in [0.15, 0.2) is 0 Å². The second-order valence-electron chi connectivity index (χ2n) is 4.31. The van der Waals surface area contributed by atoms with Crippen molar-refractivity contribution in [2.45, 2.75) is 33.2 Å². The van der Waals surface area contributed by atoms with Crippen molar-refractivity contribution in [1.82, 2.24) is 0 Å². The topological polar surface area (TPSA) is 61.5 Å². The van der Waals surface area contributed by atoms with E-state index in [1.165, 1.54) is 0 Å². The minimum absolute atomic E-state index is 0.354. The lowest BCUT2D eigenvalue weighted by Crippen LogP contribution is -2.34. The molecule has 1 aromatic carbocycles. The van der Waals surface area contributed by atoms with Gasteiger partial charge in [0.25, 0.3) is 0 Å². The van der Waals surface area contributed by atoms with Crippen molar-refractivity contribution in [2.24, 2.45) is 5.73 Å². The van der Waals surface area contributed by atoms with Gasteiger partial charge < -0.3 is 15.2 Å². The summed E-state index contributed by atoms with van der Waals surface area (Å²) in [6.45, 7) is 6.08. The second-order valence-corrected chi connectivity index (χ2v) is 4.31. The van der Waals surface area contributed by atoms with E-state index in [1.807, 2.05) is 26.0 Å². The van der Waals surface area contributed by atoms with E-state index in [0.29, 0.717) is 13.0 Å². The summed E-state index contributed by atoms with van der Waals surface area (Å²) in [5, 5.41) is 0. The van der Waals surface area contributed by atoms with Crippen LogP contribution >= 0.6 is 0 Å². The third kappa shape index (κ3) is 3.47. The fourth-order valence-corrected chi connectivity index (χ4v) is 1.86. The number of nitrogens with two attached hydrogens (primary N) is 1. The minimum atomic E-state index is -0.614. The Bertz CT molecular complexity index is 429. The number of esters is 1. The van der Waals surface area contributed by atoms with E-state index in [9.17, 15) is 4.79 Å². The van der Waals surface area contributed by atoms with Crippen LogP contribution in [0.25, 0.3) is 0 Å². The van der Waals surface area contributed by atoms with Gasteiger partial charge >= 0.3 is 5.97 Å². The van der Waals surface area contributed by atoms with Gasteiger partial charge in [0.1, 0.15) is 11.8 Å². The molecule has 0 saturated heterocycles. The Labute approximate surface area is 108 Å². The van der Waals surface area contributed by atoms with Crippen LogP contribution in [0.5, 0.6) is 5.75 Å². The third-order valence-corrected chi connectivity index (χ3v) is 2.88. The maximum Gasteiger partial charge on any atom is 0.323 e. The highest BCUT2D eigenvalue weighted by atomic mass is 16.5. The molecule has 4 heteroatoms. The third-order valence-electron chi connectivity index (χ3n) is 2.88. The normalized spacial score (nSPS) is 12.1. The molecule has 1 unspecified atom stereocenters. The molecule has 100 valence electrons. The van der Waals surface area contributed by atoms with E-state index in [-0.39, 0.29) is 5.97 Å². The second kappa shape index (κ2) is 6.40. The van der Waals surface area contributed by atoms with Crippen LogP contribution in [0.1, 0.15) is 23.6 Å². The lowest BCUT2D eigenvalue weighted by Gasteiger charge is -2.14. The van der Waals surface area contributed by atoms with E-state index < -0.39 is 6.04 Å². The Kier molecular flexibility index (Phi) is 5.16. The lowest BCUT2D eigenvalue weighted by atomic mass is 9.98. The molecule has 0 saturated carbocycles. The fourth-order valence-electron chi connectivity index (χ4n) is 1.86. The molecule has 18 heavy (non-hydrogen) atoms. The summed E-state index contributed by atoms with van der Waals surface area (Å²) in [5.74, 6) is 0.492. The van der Waals surface area contributed by atoms with Gasteiger partial charge in [-0.05, 0) is 49.9 Å². The van der Waals surface area contributed by atoms with Gasteiger partial charge in [-0.15, -0.1) is 0 Å². The average molecular weight is 251 g/mol. The Morgan fingerprint density at radius 3 is 2.56 bits per heavy atom. The number of carbonyl (C=O) groups excluding carboxylic acids is 1. The lowest BCUT2D eigenvalue weighted by molar-refractivity contribution is -0.144. The van der Waals surface area contributed by atoms with Gasteiger partial charge in [-0.25, -0.2) is 0 Å². The molecular weight excluding hydrogens is 230 g/mol. The van der Waals surface area contributed by atoms with Gasteiger partial charge in [0.05, 0.1) is 13.7 Å². The molecule has 4 nitrogen and oxygen atoms in total. The predicted molar refractivity (Wildman–Crippen MR) is 70.8 cm³/mol. The molecule has 1 atom stereocenters. The first-order chi connectivity index (χ1) is 8.49. The molecule has 2 N–H and O–H groups in total. The summed E-state index contributed by atoms with van der Waals surface area (Å²) in [7, 11) is 1.64. The van der Waals surface area contributed by atoms with Crippen LogP contribution < -0.4 is 10.5 Å². The molecule has 0 aliphatic carbocycles. The Morgan fingerprint density at radius 2 is 2.00 bits per heavy atom. The average Bonchev–Trinajstić information content (AvgIpc) is 2.33. The van der Waals surface area contributed by atoms with Crippen molar-refractivity contribution in [3.8, 4) is 5.75 Å². The number of rotatable bonds is 5. The Balaban J connectivity index is 2.85. The van der Waals surface area contributed by atoms with Gasteiger partial charge in [0.2, 0.25) is 0 Å². The first-order valence-electron chi connectivity index (χ1n) is 6.05. The van der Waals surface area contributed by atoms with Crippen LogP contribution in [0.3, 0.4) is 0 Å². The highest BCUT2D eigenvalue weighted by Gasteiger charge is 2.17. The zero-order valence-electron chi connectivity index (χ0n) is 11.4. The summed E-state index contributed by atoms with van der Waals surface area (Å²) < 4.78 is 10.2. The summed E-state index contributed by atoms with van der Waals surface area (Å²) in [5.41, 5.74) is 8.97. The first-order valence-corrected chi connectivity index (χ1v) is 6.05. The van der Waals surface area contributed by atoms with Crippen LogP contribution in [0.2, 0.25) is 0 Å². The molecule has 1 aromatic rings. The minimum Gasteiger partial charge on any atom is -0.496 e. The number of ether oxygens (including phenoxy) is 2. The first kappa shape index (κ1) is 14.5. The molecule has 0 radical (unpaired) electrons. The molecular formula is C14H21NO3. The molecule has 0 aromatic heterocycles. The van der Waals surface area contributed by atoms with Gasteiger partial charge in [0, 0.05) is 0 Å². The van der Waals surface area contributed by atoms with Crippen LogP contribution in [0, 0.1) is 13.8 Å². The van der Waals surface area contributed by atoms with E-state index in [1.54, 1.807) is 14.0 Å². The van der Waals surface area contributed by atoms with E-state index in [4.69, 9.17) is 15.2 Å². The zero-order chi connectivity index (χ0) is 13.7. The molecule has 0 fully saturated rings. The van der Waals surface area contributed by atoms with E-state index >= 15 is 0 Å². The van der Waals surface area contributed by atoms with Crippen LogP contribution in [-0.4, -0.2) is 25.7 Å². The molecule has 0 bridgehead atoms. The molecule has 0 aliphatic rings. The van der Waals surface area contributed by atoms with Gasteiger partial charge in [-0.3, -0.25) is 4.79 Å². The SMILES string of the molecule is CCOC(=O)C(N)Cc1cc(C)c(OC)cc1C. The molecule has 0 heterocycles. The maximum atomic E-state index is 11.5. The quantitative estimate of drug-likeness (QED) is 0.810. The standard InChI is InChI=1S/C14H21NO3/c1-5-18-14(16)12(15)8-11-6-10(3)13(17-4)7-9(11)2/h6-7,12H,5,8,15H2,1-4H3. The number of benzene rings is 1. The number of methoxy groups -OCH3 is 1. The number of carbonyl (C=O) groups is 1. The maximum absolute atomic E-state index is 11.5. The Morgan fingerprint density at radius 1 is 1.33 bits per heavy atom. The van der Waals surface area contributed by atoms with E-state index in [2.05, 4.69) is 0 Å². The molecule has 0 spiro atoms. The molecule has 0 aliphatic heterocycles. The number of aryl methyl sites for hydroxylation is 2. The van der Waals surface area contributed by atoms with Crippen molar-refractivity contribution in [2.75, 3.05) is 13.7 Å². The summed E-state index contributed by atoms with van der Waals surface area (Å²) >= 11 is 0. The van der Waals surface area contributed by atoms with Gasteiger partial charge in [-0.2, -0.15) is 0 Å². The van der Waals surface area contributed by atoms with Crippen molar-refractivity contribution < 1.29 is 14.3 Å². The van der Waals surface area contributed by atoms with Crippen LogP contribution in [-0.2, 0) is 16.0 Å². The highest BCUT2D eigenvalue weighted by Crippen LogP contribution is 2.23. The largest absolute Gasteiger partial charge is 0.496 e. The van der Waals surface area contributed by atoms with Crippen molar-refractivity contribution >= 4 is 5.97 Å². The van der Waals surface area contributed by atoms with Crippen molar-refractivity contribution in [1.29, 1.82) is 0 Å². The number of hydrogen-bond acceptors (Lipinski definition) is 4. The monoisotopic (exact) mass is 251 g/mol. The van der Waals surface area contributed by atoms with Crippen LogP contribution in [0.4, 0.5) is 0 Å². The Hall–Kier alpha value is -1.55. The predicted octanol–water partition coefficient (Wildman–Crippen LogP) is 1.74. The molecule has 0 amide bonds. The van der Waals surface area contributed by atoms with E-state index in [0.717, 1.165) is 22.4 Å². The van der Waals surface area contributed by atoms with Crippen molar-refractivity contribution in [3.05, 3.63) is 28.8 Å². The van der Waals surface area contributed by atoms with Crippen molar-refractivity contribution in [3.63, 3.8) is 0 Å². The zero-order valence-corrected chi connectivity index (χ0v) is 11.4. The fraction of sp³-hybridized carbons (Fsp3) is 0.500. The number of hydrogen-bond donors (Lipinski definition) is 1. The highest BCUT2D eigenvalue weighted by molar-refractivity contribution is 5.76. The summed E-state index contributed by atoms with van der Waals surface area (Å²) in [6, 6.07) is 3.35. The smallest absolute Gasteiger partial charge is 0.323 e. The molecule has 1 rings (SSSR count). The van der Waals surface area contributed by atoms with Crippen LogP contribution in [0.15, 0.2) is 12.1 Å². The summed E-state index contributed by atoms with van der Waals surface area (Å²) in [6.07, 6.45) is 0.482.